The van der Waals surface area contributed by atoms with Crippen LogP contribution in [0.2, 0.25) is 0 Å². The Bertz CT molecular complexity index is 1500. The fourth-order valence-corrected chi connectivity index (χ4v) is 4.17. The highest BCUT2D eigenvalue weighted by molar-refractivity contribution is 5.94. The number of pyridine rings is 1. The van der Waals surface area contributed by atoms with Crippen LogP contribution in [0.1, 0.15) is 32.9 Å². The molecule has 2 heterocycles. The molecule has 0 atom stereocenters. The van der Waals surface area contributed by atoms with E-state index in [1.807, 2.05) is 74.5 Å². The maximum atomic E-state index is 12.5. The van der Waals surface area contributed by atoms with Crippen molar-refractivity contribution in [3.63, 3.8) is 0 Å². The minimum atomic E-state index is -0.136. The Balaban J connectivity index is 1.30. The van der Waals surface area contributed by atoms with Crippen molar-refractivity contribution in [1.82, 2.24) is 30.9 Å². The number of hydrogen-bond donors (Lipinski definition) is 2. The van der Waals surface area contributed by atoms with Crippen LogP contribution in [-0.4, -0.2) is 31.5 Å². The summed E-state index contributed by atoms with van der Waals surface area (Å²) in [4.78, 5) is 17.1. The number of hydrogen-bond acceptors (Lipinski definition) is 6. The fourth-order valence-electron chi connectivity index (χ4n) is 4.17. The third kappa shape index (κ3) is 5.54. The van der Waals surface area contributed by atoms with Crippen molar-refractivity contribution in [1.29, 1.82) is 0 Å². The summed E-state index contributed by atoms with van der Waals surface area (Å²) in [6, 6.07) is 27.2. The van der Waals surface area contributed by atoms with Crippen molar-refractivity contribution in [3.8, 4) is 28.3 Å². The number of nitrogens with zero attached hydrogens (tertiary/aromatic N) is 4. The van der Waals surface area contributed by atoms with E-state index in [0.29, 0.717) is 30.3 Å². The van der Waals surface area contributed by atoms with Crippen molar-refractivity contribution in [2.24, 2.45) is 0 Å². The first-order chi connectivity index (χ1) is 18.1. The molecule has 0 aliphatic carbocycles. The van der Waals surface area contributed by atoms with Gasteiger partial charge in [0, 0.05) is 40.7 Å². The first-order valence-electron chi connectivity index (χ1n) is 11.9. The molecule has 5 aromatic rings. The summed E-state index contributed by atoms with van der Waals surface area (Å²) < 4.78 is 6.23. The fraction of sp³-hybridized carbons (Fsp3) is 0.138. The first kappa shape index (κ1) is 23.9. The van der Waals surface area contributed by atoms with E-state index in [-0.39, 0.29) is 5.91 Å². The Morgan fingerprint density at radius 2 is 1.65 bits per heavy atom. The van der Waals surface area contributed by atoms with Gasteiger partial charge in [0.05, 0.1) is 0 Å². The van der Waals surface area contributed by atoms with E-state index in [0.717, 1.165) is 39.2 Å². The Labute approximate surface area is 214 Å². The molecule has 5 rings (SSSR count). The average Bonchev–Trinajstić information content (AvgIpc) is 3.47. The van der Waals surface area contributed by atoms with Crippen LogP contribution < -0.4 is 10.1 Å². The molecule has 0 spiro atoms. The van der Waals surface area contributed by atoms with Gasteiger partial charge in [0.15, 0.2) is 0 Å². The summed E-state index contributed by atoms with van der Waals surface area (Å²) in [5, 5.41) is 17.4. The van der Waals surface area contributed by atoms with E-state index in [2.05, 4.69) is 43.1 Å². The Hall–Kier alpha value is -4.85. The molecule has 0 aliphatic rings. The molecule has 2 aromatic heterocycles. The molecule has 0 bridgehead atoms. The SMILES string of the molecule is Cc1cc(OCc2ccc(-c3ccccc3-c3nn[nH]n3)cc2)c(CNC(=O)c2ccccc2)c(C)n1. The number of amides is 1. The minimum absolute atomic E-state index is 0.136. The number of rotatable bonds is 8. The second kappa shape index (κ2) is 10.8. The van der Waals surface area contributed by atoms with Gasteiger partial charge in [-0.1, -0.05) is 66.7 Å². The zero-order valence-corrected chi connectivity index (χ0v) is 20.6. The molecule has 3 aromatic carbocycles. The lowest BCUT2D eigenvalue weighted by atomic mass is 9.98. The van der Waals surface area contributed by atoms with Gasteiger partial charge in [-0.2, -0.15) is 5.21 Å². The normalized spacial score (nSPS) is 10.8. The highest BCUT2D eigenvalue weighted by Crippen LogP contribution is 2.30. The van der Waals surface area contributed by atoms with Gasteiger partial charge >= 0.3 is 0 Å². The van der Waals surface area contributed by atoms with Gasteiger partial charge < -0.3 is 10.1 Å². The predicted octanol–water partition coefficient (Wildman–Crippen LogP) is 5.05. The van der Waals surface area contributed by atoms with Crippen LogP contribution in [-0.2, 0) is 13.2 Å². The number of H-pyrrole nitrogens is 1. The Morgan fingerprint density at radius 1 is 0.919 bits per heavy atom. The number of aromatic amines is 1. The monoisotopic (exact) mass is 490 g/mol. The predicted molar refractivity (Wildman–Crippen MR) is 141 cm³/mol. The van der Waals surface area contributed by atoms with Gasteiger partial charge in [0.2, 0.25) is 5.82 Å². The van der Waals surface area contributed by atoms with Crippen molar-refractivity contribution in [2.75, 3.05) is 0 Å². The quantitative estimate of drug-likeness (QED) is 0.315. The van der Waals surface area contributed by atoms with Gasteiger partial charge in [-0.05, 0) is 47.9 Å². The topological polar surface area (TPSA) is 106 Å². The molecular formula is C29H26N6O2. The maximum Gasteiger partial charge on any atom is 0.251 e. The van der Waals surface area contributed by atoms with Crippen LogP contribution in [0, 0.1) is 13.8 Å². The smallest absolute Gasteiger partial charge is 0.251 e. The molecule has 184 valence electrons. The maximum absolute atomic E-state index is 12.5. The van der Waals surface area contributed by atoms with Crippen LogP contribution in [0.25, 0.3) is 22.5 Å². The number of aromatic nitrogens is 5. The zero-order valence-electron chi connectivity index (χ0n) is 20.6. The van der Waals surface area contributed by atoms with Gasteiger partial charge in [0.1, 0.15) is 12.4 Å². The van der Waals surface area contributed by atoms with Crippen molar-refractivity contribution in [2.45, 2.75) is 27.0 Å². The number of nitrogens with one attached hydrogen (secondary N) is 2. The Morgan fingerprint density at radius 3 is 2.38 bits per heavy atom. The van der Waals surface area contributed by atoms with E-state index in [1.54, 1.807) is 12.1 Å². The molecule has 0 saturated heterocycles. The molecule has 1 amide bonds. The molecule has 0 aliphatic heterocycles. The zero-order chi connectivity index (χ0) is 25.6. The number of carbonyl (C=O) groups is 1. The molecule has 0 saturated carbocycles. The number of aryl methyl sites for hydroxylation is 2. The second-order valence-electron chi connectivity index (χ2n) is 8.64. The largest absolute Gasteiger partial charge is 0.488 e. The molecular weight excluding hydrogens is 464 g/mol. The number of ether oxygens (including phenoxy) is 1. The van der Waals surface area contributed by atoms with Gasteiger partial charge in [-0.25, -0.2) is 0 Å². The molecule has 8 nitrogen and oxygen atoms in total. The minimum Gasteiger partial charge on any atom is -0.488 e. The summed E-state index contributed by atoms with van der Waals surface area (Å²) in [6.07, 6.45) is 0. The van der Waals surface area contributed by atoms with Crippen LogP contribution in [0.5, 0.6) is 5.75 Å². The summed E-state index contributed by atoms with van der Waals surface area (Å²) in [6.45, 7) is 4.57. The lowest BCUT2D eigenvalue weighted by molar-refractivity contribution is 0.0950. The Kier molecular flexibility index (Phi) is 6.98. The lowest BCUT2D eigenvalue weighted by Crippen LogP contribution is -2.23. The highest BCUT2D eigenvalue weighted by atomic mass is 16.5. The molecule has 2 N–H and O–H groups in total. The summed E-state index contributed by atoms with van der Waals surface area (Å²) in [5.41, 5.74) is 7.16. The van der Waals surface area contributed by atoms with Gasteiger partial charge in [-0.15, -0.1) is 10.2 Å². The van der Waals surface area contributed by atoms with Gasteiger partial charge in [-0.3, -0.25) is 9.78 Å². The van der Waals surface area contributed by atoms with E-state index in [4.69, 9.17) is 4.74 Å². The lowest BCUT2D eigenvalue weighted by Gasteiger charge is -2.16. The van der Waals surface area contributed by atoms with Crippen LogP contribution >= 0.6 is 0 Å². The molecule has 0 unspecified atom stereocenters. The summed E-state index contributed by atoms with van der Waals surface area (Å²) in [7, 11) is 0. The highest BCUT2D eigenvalue weighted by Gasteiger charge is 2.14. The van der Waals surface area contributed by atoms with E-state index in [9.17, 15) is 4.79 Å². The number of tetrazole rings is 1. The number of benzene rings is 3. The van der Waals surface area contributed by atoms with Crippen LogP contribution in [0.4, 0.5) is 0 Å². The standard InChI is InChI=1S/C29H26N6O2/c1-19-16-27(26(20(2)31-19)17-30-29(36)23-8-4-3-5-9-23)37-18-21-12-14-22(15-13-21)24-10-6-7-11-25(24)28-32-34-35-33-28/h3-16H,17-18H2,1-2H3,(H,30,36)(H,32,33,34,35). The summed E-state index contributed by atoms with van der Waals surface area (Å²) >= 11 is 0. The average molecular weight is 491 g/mol. The first-order valence-corrected chi connectivity index (χ1v) is 11.9. The van der Waals surface area contributed by atoms with Crippen LogP contribution in [0.3, 0.4) is 0 Å². The third-order valence-electron chi connectivity index (χ3n) is 6.05. The molecule has 8 heteroatoms. The third-order valence-corrected chi connectivity index (χ3v) is 6.05. The van der Waals surface area contributed by atoms with Crippen molar-refractivity contribution < 1.29 is 9.53 Å². The van der Waals surface area contributed by atoms with E-state index in [1.165, 1.54) is 0 Å². The second-order valence-corrected chi connectivity index (χ2v) is 8.64. The van der Waals surface area contributed by atoms with Gasteiger partial charge in [0.25, 0.3) is 5.91 Å². The van der Waals surface area contributed by atoms with E-state index >= 15 is 0 Å². The van der Waals surface area contributed by atoms with Crippen LogP contribution in [0.15, 0.2) is 84.9 Å². The van der Waals surface area contributed by atoms with Crippen molar-refractivity contribution >= 4 is 5.91 Å². The molecule has 0 fully saturated rings. The van der Waals surface area contributed by atoms with Crippen molar-refractivity contribution in [3.05, 3.63) is 113 Å². The number of carbonyl (C=O) groups excluding carboxylic acids is 1. The molecule has 37 heavy (non-hydrogen) atoms. The summed E-state index contributed by atoms with van der Waals surface area (Å²) in [5.74, 6) is 1.13. The van der Waals surface area contributed by atoms with E-state index < -0.39 is 0 Å². The molecule has 0 radical (unpaired) electrons.